The third-order valence-corrected chi connectivity index (χ3v) is 5.74. The van der Waals surface area contributed by atoms with Crippen LogP contribution in [0.5, 0.6) is 0 Å². The predicted octanol–water partition coefficient (Wildman–Crippen LogP) is -0.850. The first-order valence-electron chi connectivity index (χ1n) is 10.5. The number of hydrogen-bond acceptors (Lipinski definition) is 11. The summed E-state index contributed by atoms with van der Waals surface area (Å²) in [6.07, 6.45) is -0.447. The summed E-state index contributed by atoms with van der Waals surface area (Å²) in [6, 6.07) is 0. The highest BCUT2D eigenvalue weighted by atomic mass is 16.7. The molecule has 0 spiro atoms. The first-order chi connectivity index (χ1) is 15.8. The molecule has 33 heavy (non-hydrogen) atoms. The van der Waals surface area contributed by atoms with Crippen molar-refractivity contribution < 1.29 is 57.4 Å². The molecule has 4 fully saturated rings. The summed E-state index contributed by atoms with van der Waals surface area (Å²) in [4.78, 5) is 46.3. The topological polar surface area (TPSA) is 153 Å². The van der Waals surface area contributed by atoms with Gasteiger partial charge in [-0.15, -0.1) is 0 Å². The lowest BCUT2D eigenvalue weighted by atomic mass is 10.0. The van der Waals surface area contributed by atoms with Crippen LogP contribution in [-0.4, -0.2) is 98.1 Å². The maximum atomic E-state index is 12.1. The van der Waals surface area contributed by atoms with Gasteiger partial charge >= 0.3 is 23.9 Å². The molecular formula is C21H24O12. The Kier molecular flexibility index (Phi) is 7.08. The third-order valence-electron chi connectivity index (χ3n) is 5.74. The van der Waals surface area contributed by atoms with Crippen LogP contribution in [0.15, 0.2) is 24.3 Å². The average molecular weight is 468 g/mol. The number of hydrogen-bond donors (Lipinski definition) is 1. The minimum Gasteiger partial charge on any atom is -0.478 e. The van der Waals surface area contributed by atoms with Crippen LogP contribution in [0.25, 0.3) is 0 Å². The van der Waals surface area contributed by atoms with Crippen molar-refractivity contribution in [3.8, 4) is 0 Å². The predicted molar refractivity (Wildman–Crippen MR) is 104 cm³/mol. The Morgan fingerprint density at radius 2 is 1.00 bits per heavy atom. The van der Waals surface area contributed by atoms with E-state index in [1.165, 1.54) is 0 Å². The monoisotopic (exact) mass is 468 g/mol. The lowest BCUT2D eigenvalue weighted by molar-refractivity contribution is -0.151. The van der Waals surface area contributed by atoms with Gasteiger partial charge in [0.2, 0.25) is 0 Å². The maximum absolute atomic E-state index is 12.1. The number of rotatable bonds is 7. The zero-order valence-electron chi connectivity index (χ0n) is 17.7. The van der Waals surface area contributed by atoms with Crippen molar-refractivity contribution in [2.24, 2.45) is 5.92 Å². The molecule has 12 heteroatoms. The average Bonchev–Trinajstić information content (AvgIpc) is 3.52. The molecule has 12 nitrogen and oxygen atoms in total. The highest BCUT2D eigenvalue weighted by molar-refractivity contribution is 5.92. The van der Waals surface area contributed by atoms with E-state index in [2.05, 4.69) is 0 Å². The van der Waals surface area contributed by atoms with Crippen LogP contribution in [0.2, 0.25) is 0 Å². The molecule has 4 saturated heterocycles. The van der Waals surface area contributed by atoms with Crippen molar-refractivity contribution in [2.75, 3.05) is 26.4 Å². The molecule has 0 aromatic rings. The molecule has 0 amide bonds. The Balaban J connectivity index is 1.22. The van der Waals surface area contributed by atoms with Gasteiger partial charge in [0.1, 0.15) is 18.3 Å². The van der Waals surface area contributed by atoms with Gasteiger partial charge in [-0.1, -0.05) is 6.92 Å². The third kappa shape index (κ3) is 5.41. The Bertz CT molecular complexity index is 850. The molecule has 4 heterocycles. The molecule has 180 valence electrons. The second-order valence-corrected chi connectivity index (χ2v) is 8.10. The minimum atomic E-state index is -1.28. The van der Waals surface area contributed by atoms with E-state index in [-0.39, 0.29) is 37.9 Å². The van der Waals surface area contributed by atoms with Crippen molar-refractivity contribution in [3.05, 3.63) is 24.3 Å². The van der Waals surface area contributed by atoms with Crippen LogP contribution in [0.1, 0.15) is 6.92 Å². The van der Waals surface area contributed by atoms with Crippen molar-refractivity contribution in [1.82, 2.24) is 0 Å². The number of carboxylic acids is 1. The molecule has 4 aliphatic rings. The highest BCUT2D eigenvalue weighted by Gasteiger charge is 2.51. The first kappa shape index (κ1) is 23.4. The second kappa shape index (κ2) is 10.00. The van der Waals surface area contributed by atoms with Gasteiger partial charge in [0.15, 0.2) is 18.3 Å². The van der Waals surface area contributed by atoms with E-state index in [1.807, 2.05) is 6.92 Å². The Morgan fingerprint density at radius 3 is 1.45 bits per heavy atom. The van der Waals surface area contributed by atoms with E-state index in [0.29, 0.717) is 12.7 Å². The fraction of sp³-hybridized carbons (Fsp3) is 0.619. The summed E-state index contributed by atoms with van der Waals surface area (Å²) in [5, 5.41) is 8.55. The zero-order chi connectivity index (χ0) is 23.5. The van der Waals surface area contributed by atoms with Crippen molar-refractivity contribution in [3.63, 3.8) is 0 Å². The summed E-state index contributed by atoms with van der Waals surface area (Å²) in [6.45, 7) is 2.79. The van der Waals surface area contributed by atoms with Crippen molar-refractivity contribution in [2.45, 2.75) is 49.7 Å². The molecule has 0 unspecified atom stereocenters. The van der Waals surface area contributed by atoms with Crippen LogP contribution in [0, 0.1) is 5.92 Å². The molecule has 4 rings (SSSR count). The molecule has 0 aromatic carbocycles. The maximum Gasteiger partial charge on any atom is 0.331 e. The van der Waals surface area contributed by atoms with Crippen LogP contribution in [0.4, 0.5) is 0 Å². The van der Waals surface area contributed by atoms with Crippen LogP contribution < -0.4 is 0 Å². The molecule has 0 saturated carbocycles. The fourth-order valence-corrected chi connectivity index (χ4v) is 4.23. The summed E-state index contributed by atoms with van der Waals surface area (Å²) in [5.41, 5.74) is 0. The second-order valence-electron chi connectivity index (χ2n) is 8.10. The fourth-order valence-electron chi connectivity index (χ4n) is 4.23. The van der Waals surface area contributed by atoms with Gasteiger partial charge in [-0.3, -0.25) is 0 Å². The molecule has 4 aliphatic heterocycles. The van der Waals surface area contributed by atoms with Gasteiger partial charge in [0.25, 0.3) is 0 Å². The van der Waals surface area contributed by atoms with Crippen molar-refractivity contribution in [1.29, 1.82) is 0 Å². The summed E-state index contributed by atoms with van der Waals surface area (Å²) >= 11 is 0. The van der Waals surface area contributed by atoms with Gasteiger partial charge in [-0.25, -0.2) is 19.2 Å². The van der Waals surface area contributed by atoms with Crippen molar-refractivity contribution >= 4 is 23.9 Å². The lowest BCUT2D eigenvalue weighted by Gasteiger charge is -2.16. The smallest absolute Gasteiger partial charge is 0.331 e. The van der Waals surface area contributed by atoms with Crippen LogP contribution in [0.3, 0.4) is 0 Å². The van der Waals surface area contributed by atoms with Gasteiger partial charge in [0, 0.05) is 30.2 Å². The number of fused-ring (bicyclic) bond motifs is 2. The largest absolute Gasteiger partial charge is 0.478 e. The molecule has 0 aliphatic carbocycles. The number of esters is 3. The zero-order valence-corrected chi connectivity index (χ0v) is 17.7. The van der Waals surface area contributed by atoms with Crippen LogP contribution in [-0.2, 0) is 52.3 Å². The summed E-state index contributed by atoms with van der Waals surface area (Å²) in [7, 11) is 0. The minimum absolute atomic E-state index is 0.00447. The first-order valence-corrected chi connectivity index (χ1v) is 10.5. The Hall–Kier alpha value is -2.80. The Morgan fingerprint density at radius 1 is 0.636 bits per heavy atom. The number of carbonyl (C=O) groups excluding carboxylic acids is 3. The number of aliphatic carboxylic acids is 1. The van der Waals surface area contributed by atoms with E-state index in [1.54, 1.807) is 0 Å². The lowest BCUT2D eigenvalue weighted by Crippen LogP contribution is -2.35. The molecule has 1 N–H and O–H groups in total. The van der Waals surface area contributed by atoms with E-state index >= 15 is 0 Å². The van der Waals surface area contributed by atoms with Crippen LogP contribution >= 0.6 is 0 Å². The molecular weight excluding hydrogens is 444 g/mol. The quantitative estimate of drug-likeness (QED) is 0.281. The molecule has 0 aromatic heterocycles. The number of carboxylic acid groups (broad SMARTS) is 1. The SMILES string of the molecule is C[C@H]1CO[C@H]2[C@@H]1OC[C@H]2OC(=O)/C=C/C(=O)O[C@H]1CO[C@H]2[C@@H]1OC[C@H]2OC(=O)/C=C/C(=O)O. The normalized spacial score (nSPS) is 37.2. The van der Waals surface area contributed by atoms with Gasteiger partial charge in [-0.2, -0.15) is 0 Å². The van der Waals surface area contributed by atoms with E-state index < -0.39 is 54.4 Å². The standard InChI is InChI=1S/C21H24O12/c1-10-6-27-19-11(7-28-18(10)19)31-16(25)4-5-17(26)33-13-9-30-20-12(8-29-21(13)20)32-15(24)3-2-14(22)23/h2-5,10-13,18-21H,6-9H2,1H3,(H,22,23)/b3-2+,5-4+/t10-,11+,12+,13-,18+,19+,20+,21+/m0/s1. The number of carbonyl (C=O) groups is 4. The van der Waals surface area contributed by atoms with Gasteiger partial charge < -0.3 is 38.3 Å². The molecule has 0 radical (unpaired) electrons. The van der Waals surface area contributed by atoms with Gasteiger partial charge in [-0.05, 0) is 0 Å². The summed E-state index contributed by atoms with van der Waals surface area (Å²) in [5.74, 6) is -3.42. The van der Waals surface area contributed by atoms with E-state index in [0.717, 1.165) is 18.2 Å². The number of ether oxygens (including phenoxy) is 7. The summed E-state index contributed by atoms with van der Waals surface area (Å²) < 4.78 is 38.0. The highest BCUT2D eigenvalue weighted by Crippen LogP contribution is 2.32. The molecule has 8 atom stereocenters. The molecule has 0 bridgehead atoms. The van der Waals surface area contributed by atoms with Gasteiger partial charge in [0.05, 0.1) is 32.5 Å². The Labute approximate surface area is 188 Å². The van der Waals surface area contributed by atoms with E-state index in [4.69, 9.17) is 38.3 Å². The van der Waals surface area contributed by atoms with E-state index in [9.17, 15) is 19.2 Å².